The number of nitrogens with one attached hydrogen (secondary N) is 1. The van der Waals surface area contributed by atoms with E-state index in [4.69, 9.17) is 25.8 Å². The summed E-state index contributed by atoms with van der Waals surface area (Å²) in [6.45, 7) is 1.36. The van der Waals surface area contributed by atoms with Gasteiger partial charge in [0, 0.05) is 30.0 Å². The molecular weight excluding hydrogens is 385 g/mol. The van der Waals surface area contributed by atoms with Crippen molar-refractivity contribution >= 4 is 34.0 Å². The molecule has 0 amide bonds. The first kappa shape index (κ1) is 18.7. The van der Waals surface area contributed by atoms with Gasteiger partial charge in [-0.2, -0.15) is 0 Å². The molecule has 28 heavy (non-hydrogen) atoms. The first-order valence-corrected chi connectivity index (χ1v) is 9.31. The van der Waals surface area contributed by atoms with Gasteiger partial charge in [-0.05, 0) is 24.3 Å². The van der Waals surface area contributed by atoms with Gasteiger partial charge >= 0.3 is 0 Å². The van der Waals surface area contributed by atoms with Gasteiger partial charge in [-0.1, -0.05) is 11.6 Å². The third kappa shape index (κ3) is 3.95. The highest BCUT2D eigenvalue weighted by atomic mass is 35.5. The number of nitrogens with zero attached hydrogens (tertiary/aromatic N) is 2. The number of anilines is 2. The standard InChI is InChI=1S/C20H19ClFN3O3/c1-26-18-10-17-14(9-19(18)28-13-4-6-27-7-5-13)20(24-11-23-17)25-12-2-3-16(22)15(21)8-12/h2-3,8-11,13H,4-7H2,1H3,(H,23,24,25). The Morgan fingerprint density at radius 2 is 1.96 bits per heavy atom. The molecule has 6 nitrogen and oxygen atoms in total. The Labute approximate surface area is 166 Å². The molecule has 4 rings (SSSR count). The minimum atomic E-state index is -0.475. The van der Waals surface area contributed by atoms with Gasteiger partial charge in [0.1, 0.15) is 24.1 Å². The Bertz CT molecular complexity index is 996. The molecule has 2 aromatic carbocycles. The molecule has 0 unspecified atom stereocenters. The van der Waals surface area contributed by atoms with Crippen LogP contribution in [-0.2, 0) is 4.74 Å². The van der Waals surface area contributed by atoms with Gasteiger partial charge in [0.25, 0.3) is 0 Å². The summed E-state index contributed by atoms with van der Waals surface area (Å²) in [6.07, 6.45) is 3.17. The summed E-state index contributed by atoms with van der Waals surface area (Å²) in [5.41, 5.74) is 1.32. The number of aromatic nitrogens is 2. The summed E-state index contributed by atoms with van der Waals surface area (Å²) in [7, 11) is 1.60. The average molecular weight is 404 g/mol. The summed E-state index contributed by atoms with van der Waals surface area (Å²) in [4.78, 5) is 8.64. The van der Waals surface area contributed by atoms with Crippen LogP contribution in [0.3, 0.4) is 0 Å². The first-order chi connectivity index (χ1) is 13.6. The van der Waals surface area contributed by atoms with Crippen molar-refractivity contribution in [2.24, 2.45) is 0 Å². The molecule has 0 bridgehead atoms. The Morgan fingerprint density at radius 1 is 1.14 bits per heavy atom. The smallest absolute Gasteiger partial charge is 0.162 e. The average Bonchev–Trinajstić information content (AvgIpc) is 2.71. The van der Waals surface area contributed by atoms with Crippen LogP contribution in [0, 0.1) is 5.82 Å². The van der Waals surface area contributed by atoms with Crippen molar-refractivity contribution in [1.82, 2.24) is 9.97 Å². The fraction of sp³-hybridized carbons (Fsp3) is 0.300. The van der Waals surface area contributed by atoms with Crippen molar-refractivity contribution in [1.29, 1.82) is 0 Å². The summed E-state index contributed by atoms with van der Waals surface area (Å²) in [5, 5.41) is 3.96. The van der Waals surface area contributed by atoms with Crippen LogP contribution in [-0.4, -0.2) is 36.4 Å². The van der Waals surface area contributed by atoms with Crippen LogP contribution in [0.25, 0.3) is 10.9 Å². The minimum absolute atomic E-state index is 0.0357. The van der Waals surface area contributed by atoms with Crippen molar-refractivity contribution < 1.29 is 18.6 Å². The van der Waals surface area contributed by atoms with E-state index in [-0.39, 0.29) is 11.1 Å². The number of benzene rings is 2. The van der Waals surface area contributed by atoms with Crippen molar-refractivity contribution in [3.63, 3.8) is 0 Å². The molecule has 8 heteroatoms. The van der Waals surface area contributed by atoms with Crippen molar-refractivity contribution in [3.05, 3.63) is 47.5 Å². The lowest BCUT2D eigenvalue weighted by atomic mass is 10.1. The zero-order chi connectivity index (χ0) is 19.5. The van der Waals surface area contributed by atoms with Crippen LogP contribution < -0.4 is 14.8 Å². The van der Waals surface area contributed by atoms with Gasteiger partial charge < -0.3 is 19.5 Å². The van der Waals surface area contributed by atoms with Crippen LogP contribution in [0.15, 0.2) is 36.7 Å². The lowest BCUT2D eigenvalue weighted by Gasteiger charge is -2.24. The fourth-order valence-corrected chi connectivity index (χ4v) is 3.28. The largest absolute Gasteiger partial charge is 0.493 e. The number of rotatable bonds is 5. The molecule has 1 aliphatic rings. The van der Waals surface area contributed by atoms with E-state index in [1.807, 2.05) is 12.1 Å². The lowest BCUT2D eigenvalue weighted by Crippen LogP contribution is -2.26. The molecular formula is C20H19ClFN3O3. The van der Waals surface area contributed by atoms with Crippen molar-refractivity contribution in [3.8, 4) is 11.5 Å². The Morgan fingerprint density at radius 3 is 2.71 bits per heavy atom. The van der Waals surface area contributed by atoms with Gasteiger partial charge in [-0.25, -0.2) is 14.4 Å². The molecule has 1 aliphatic heterocycles. The molecule has 3 aromatic rings. The van der Waals surface area contributed by atoms with Gasteiger partial charge in [0.2, 0.25) is 0 Å². The Kier molecular flexibility index (Phi) is 5.45. The van der Waals surface area contributed by atoms with E-state index in [0.717, 1.165) is 18.2 Å². The van der Waals surface area contributed by atoms with Gasteiger partial charge in [-0.3, -0.25) is 0 Å². The lowest BCUT2D eigenvalue weighted by molar-refractivity contribution is 0.0246. The molecule has 0 saturated carbocycles. The highest BCUT2D eigenvalue weighted by Crippen LogP contribution is 2.36. The summed E-state index contributed by atoms with van der Waals surface area (Å²) < 4.78 is 30.5. The van der Waals surface area contributed by atoms with Gasteiger partial charge in [-0.15, -0.1) is 0 Å². The predicted molar refractivity (Wildman–Crippen MR) is 105 cm³/mol. The zero-order valence-corrected chi connectivity index (χ0v) is 16.0. The summed E-state index contributed by atoms with van der Waals surface area (Å²) in [5.74, 6) is 1.31. The molecule has 0 spiro atoms. The molecule has 0 atom stereocenters. The van der Waals surface area contributed by atoms with Crippen LogP contribution in [0.1, 0.15) is 12.8 Å². The quantitative estimate of drug-likeness (QED) is 0.664. The van der Waals surface area contributed by atoms with E-state index in [2.05, 4.69) is 15.3 Å². The van der Waals surface area contributed by atoms with Crippen molar-refractivity contribution in [2.45, 2.75) is 18.9 Å². The second-order valence-corrected chi connectivity index (χ2v) is 6.83. The summed E-state index contributed by atoms with van der Waals surface area (Å²) >= 11 is 5.88. The van der Waals surface area contributed by atoms with E-state index < -0.39 is 5.82 Å². The molecule has 146 valence electrons. The van der Waals surface area contributed by atoms with E-state index in [0.29, 0.717) is 41.7 Å². The van der Waals surface area contributed by atoms with Crippen molar-refractivity contribution in [2.75, 3.05) is 25.6 Å². The normalized spacial score (nSPS) is 14.8. The molecule has 0 aliphatic carbocycles. The Balaban J connectivity index is 1.70. The minimum Gasteiger partial charge on any atom is -0.493 e. The summed E-state index contributed by atoms with van der Waals surface area (Å²) in [6, 6.07) is 8.08. The predicted octanol–water partition coefficient (Wildman–Crippen LogP) is 4.73. The topological polar surface area (TPSA) is 65.5 Å². The van der Waals surface area contributed by atoms with E-state index in [1.54, 1.807) is 13.2 Å². The zero-order valence-electron chi connectivity index (χ0n) is 15.2. The maximum atomic E-state index is 13.4. The van der Waals surface area contributed by atoms with Crippen LogP contribution in [0.5, 0.6) is 11.5 Å². The van der Waals surface area contributed by atoms with E-state index >= 15 is 0 Å². The number of ether oxygens (including phenoxy) is 3. The number of fused-ring (bicyclic) bond motifs is 1. The van der Waals surface area contributed by atoms with E-state index in [9.17, 15) is 4.39 Å². The SMILES string of the molecule is COc1cc2ncnc(Nc3ccc(F)c(Cl)c3)c2cc1OC1CCOCC1. The molecule has 2 heterocycles. The third-order valence-corrected chi connectivity index (χ3v) is 4.85. The van der Waals surface area contributed by atoms with Gasteiger partial charge in [0.05, 0.1) is 30.9 Å². The fourth-order valence-electron chi connectivity index (χ4n) is 3.10. The van der Waals surface area contributed by atoms with Crippen LogP contribution in [0.2, 0.25) is 5.02 Å². The Hall–Kier alpha value is -2.64. The highest BCUT2D eigenvalue weighted by molar-refractivity contribution is 6.31. The van der Waals surface area contributed by atoms with Gasteiger partial charge in [0.15, 0.2) is 11.5 Å². The maximum Gasteiger partial charge on any atom is 0.162 e. The van der Waals surface area contributed by atoms with Crippen LogP contribution >= 0.6 is 11.6 Å². The second-order valence-electron chi connectivity index (χ2n) is 6.43. The number of hydrogen-bond acceptors (Lipinski definition) is 6. The maximum absolute atomic E-state index is 13.4. The molecule has 1 saturated heterocycles. The number of halogens is 2. The molecule has 0 radical (unpaired) electrons. The van der Waals surface area contributed by atoms with E-state index in [1.165, 1.54) is 18.5 Å². The second kappa shape index (κ2) is 8.16. The molecule has 1 fully saturated rings. The first-order valence-electron chi connectivity index (χ1n) is 8.93. The van der Waals surface area contributed by atoms with Crippen LogP contribution in [0.4, 0.5) is 15.9 Å². The highest BCUT2D eigenvalue weighted by Gasteiger charge is 2.19. The monoisotopic (exact) mass is 403 g/mol. The molecule has 1 aromatic heterocycles. The molecule has 1 N–H and O–H groups in total. The number of methoxy groups -OCH3 is 1. The number of hydrogen-bond donors (Lipinski definition) is 1. The third-order valence-electron chi connectivity index (χ3n) is 4.57.